The van der Waals surface area contributed by atoms with Gasteiger partial charge in [-0.25, -0.2) is 0 Å². The molecule has 1 rings (SSSR count). The molecule has 2 N–H and O–H groups in total. The van der Waals surface area contributed by atoms with Crippen molar-refractivity contribution in [3.63, 3.8) is 0 Å². The van der Waals surface area contributed by atoms with Gasteiger partial charge in [-0.3, -0.25) is 0 Å². The second-order valence-corrected chi connectivity index (χ2v) is 4.01. The van der Waals surface area contributed by atoms with Crippen LogP contribution in [0, 0.1) is 0 Å². The van der Waals surface area contributed by atoms with Gasteiger partial charge in [0.1, 0.15) is 6.04 Å². The third kappa shape index (κ3) is 2.72. The van der Waals surface area contributed by atoms with Crippen LogP contribution in [0.5, 0.6) is 0 Å². The van der Waals surface area contributed by atoms with Crippen molar-refractivity contribution in [2.75, 3.05) is 0 Å². The molecule has 106 valence electrons. The number of nitrogens with two attached hydrogens (primary N) is 1. The van der Waals surface area contributed by atoms with E-state index in [2.05, 4.69) is 0 Å². The minimum absolute atomic E-state index is 0. The molecule has 0 bridgehead atoms. The number of alkyl halides is 7. The van der Waals surface area contributed by atoms with E-state index < -0.39 is 29.6 Å². The van der Waals surface area contributed by atoms with Crippen molar-refractivity contribution >= 4 is 23.7 Å². The molecule has 0 radical (unpaired) electrons. The Morgan fingerprint density at radius 3 is 1.89 bits per heavy atom. The van der Waals surface area contributed by atoms with Crippen LogP contribution in [0.2, 0.25) is 0 Å². The fraction of sp³-hybridized carbons (Fsp3) is 0.500. The molecule has 0 aliphatic carbocycles. The van der Waals surface area contributed by atoms with E-state index in [-0.39, 0.29) is 12.4 Å². The summed E-state index contributed by atoms with van der Waals surface area (Å²) in [6, 6.07) is -1.75. The van der Waals surface area contributed by atoms with Gasteiger partial charge < -0.3 is 5.73 Å². The van der Waals surface area contributed by atoms with E-state index in [0.29, 0.717) is 0 Å². The molecule has 1 heterocycles. The van der Waals surface area contributed by atoms with Gasteiger partial charge in [0.05, 0.1) is 0 Å². The molecule has 1 nitrogen and oxygen atoms in total. The lowest BCUT2D eigenvalue weighted by molar-refractivity contribution is -0.359. The van der Waals surface area contributed by atoms with Crippen LogP contribution in [0.15, 0.2) is 16.8 Å². The third-order valence-corrected chi connectivity index (χ3v) is 2.77. The van der Waals surface area contributed by atoms with Gasteiger partial charge in [-0.15, -0.1) is 12.4 Å². The first-order chi connectivity index (χ1) is 7.52. The van der Waals surface area contributed by atoms with Crippen LogP contribution in [0.3, 0.4) is 0 Å². The Morgan fingerprint density at radius 2 is 1.56 bits per heavy atom. The van der Waals surface area contributed by atoms with Gasteiger partial charge in [0.25, 0.3) is 0 Å². The molecule has 18 heavy (non-hydrogen) atoms. The van der Waals surface area contributed by atoms with E-state index >= 15 is 0 Å². The van der Waals surface area contributed by atoms with Crippen LogP contribution >= 0.6 is 23.7 Å². The normalized spacial score (nSPS) is 15.1. The van der Waals surface area contributed by atoms with Gasteiger partial charge in [-0.1, -0.05) is 0 Å². The fourth-order valence-electron chi connectivity index (χ4n) is 1.05. The molecule has 0 saturated heterocycles. The average molecular weight is 318 g/mol. The standard InChI is InChI=1S/C8H6F7NS.ClH/c9-6(10,7(11,12)8(13,14)15)5(16)4-1-2-17-3-4;/h1-3,5H,16H2;1H/t5-;/m0./s1. The zero-order chi connectivity index (χ0) is 13.5. The van der Waals surface area contributed by atoms with Crippen molar-refractivity contribution in [1.82, 2.24) is 0 Å². The summed E-state index contributed by atoms with van der Waals surface area (Å²) in [5.41, 5.74) is 4.31. The van der Waals surface area contributed by atoms with Gasteiger partial charge >= 0.3 is 18.0 Å². The van der Waals surface area contributed by atoms with Gasteiger partial charge in [-0.2, -0.15) is 42.1 Å². The van der Waals surface area contributed by atoms with Crippen molar-refractivity contribution in [3.05, 3.63) is 22.4 Å². The number of halogens is 8. The molecule has 1 atom stereocenters. The highest BCUT2D eigenvalue weighted by Crippen LogP contribution is 2.51. The minimum Gasteiger partial charge on any atom is -0.319 e. The SMILES string of the molecule is Cl.N[C@@H](c1ccsc1)C(F)(F)C(F)(F)C(F)(F)F. The van der Waals surface area contributed by atoms with E-state index in [1.54, 1.807) is 0 Å². The first kappa shape index (κ1) is 17.5. The molecule has 0 aliphatic rings. The summed E-state index contributed by atoms with van der Waals surface area (Å²) in [5, 5.41) is 2.24. The van der Waals surface area contributed by atoms with E-state index in [1.165, 1.54) is 5.38 Å². The lowest BCUT2D eigenvalue weighted by atomic mass is 9.98. The van der Waals surface area contributed by atoms with Crippen LogP contribution in [-0.4, -0.2) is 18.0 Å². The highest BCUT2D eigenvalue weighted by atomic mass is 35.5. The summed E-state index contributed by atoms with van der Waals surface area (Å²) in [4.78, 5) is 0. The van der Waals surface area contributed by atoms with E-state index in [1.807, 2.05) is 0 Å². The Hall–Kier alpha value is -0.540. The van der Waals surface area contributed by atoms with E-state index in [0.717, 1.165) is 22.8 Å². The third-order valence-electron chi connectivity index (χ3n) is 2.07. The number of thiophene rings is 1. The highest BCUT2D eigenvalue weighted by Gasteiger charge is 2.74. The zero-order valence-corrected chi connectivity index (χ0v) is 9.98. The molecule has 0 aromatic carbocycles. The second kappa shape index (κ2) is 5.22. The number of hydrogen-bond donors (Lipinski definition) is 1. The number of hydrogen-bond acceptors (Lipinski definition) is 2. The highest BCUT2D eigenvalue weighted by molar-refractivity contribution is 7.07. The van der Waals surface area contributed by atoms with Crippen molar-refractivity contribution in [2.45, 2.75) is 24.1 Å². The summed E-state index contributed by atoms with van der Waals surface area (Å²) in [5.74, 6) is -11.6. The maximum Gasteiger partial charge on any atom is 0.459 e. The first-order valence-electron chi connectivity index (χ1n) is 4.12. The van der Waals surface area contributed by atoms with Crippen LogP contribution in [0.25, 0.3) is 0 Å². The van der Waals surface area contributed by atoms with Crippen LogP contribution in [0.4, 0.5) is 30.7 Å². The molecule has 10 heteroatoms. The predicted molar refractivity (Wildman–Crippen MR) is 54.4 cm³/mol. The Kier molecular flexibility index (Phi) is 5.06. The lowest BCUT2D eigenvalue weighted by Gasteiger charge is -2.31. The molecule has 0 aliphatic heterocycles. The predicted octanol–water partition coefficient (Wildman–Crippen LogP) is 4.00. The maximum atomic E-state index is 13.1. The van der Waals surface area contributed by atoms with Crippen LogP contribution in [-0.2, 0) is 0 Å². The maximum absolute atomic E-state index is 13.1. The van der Waals surface area contributed by atoms with Crippen molar-refractivity contribution in [1.29, 1.82) is 0 Å². The smallest absolute Gasteiger partial charge is 0.319 e. The van der Waals surface area contributed by atoms with Gasteiger partial charge in [0.2, 0.25) is 0 Å². The molecular formula is C8H7ClF7NS. The summed E-state index contributed by atoms with van der Waals surface area (Å²) in [7, 11) is 0. The summed E-state index contributed by atoms with van der Waals surface area (Å²) in [6.45, 7) is 0. The summed E-state index contributed by atoms with van der Waals surface area (Å²) >= 11 is 0.863. The zero-order valence-electron chi connectivity index (χ0n) is 8.35. The molecule has 0 saturated carbocycles. The second-order valence-electron chi connectivity index (χ2n) is 3.23. The van der Waals surface area contributed by atoms with Crippen molar-refractivity contribution in [2.24, 2.45) is 5.73 Å². The molecule has 0 amide bonds. The molecule has 0 fully saturated rings. The average Bonchev–Trinajstić information content (AvgIpc) is 2.66. The van der Waals surface area contributed by atoms with Gasteiger partial charge in [0.15, 0.2) is 0 Å². The fourth-order valence-corrected chi connectivity index (χ4v) is 1.74. The molecule has 0 spiro atoms. The Bertz CT molecular complexity index is 375. The van der Waals surface area contributed by atoms with Crippen LogP contribution < -0.4 is 5.73 Å². The molecular weight excluding hydrogens is 311 g/mol. The lowest BCUT2D eigenvalue weighted by Crippen LogP contribution is -2.56. The minimum atomic E-state index is -6.36. The summed E-state index contributed by atoms with van der Waals surface area (Å²) < 4.78 is 86.9. The molecule has 1 aromatic heterocycles. The van der Waals surface area contributed by atoms with Crippen molar-refractivity contribution < 1.29 is 30.7 Å². The van der Waals surface area contributed by atoms with E-state index in [9.17, 15) is 30.7 Å². The molecule has 0 unspecified atom stereocenters. The first-order valence-corrected chi connectivity index (χ1v) is 5.06. The molecule has 1 aromatic rings. The summed E-state index contributed by atoms with van der Waals surface area (Å²) in [6.07, 6.45) is -6.36. The van der Waals surface area contributed by atoms with Crippen LogP contribution in [0.1, 0.15) is 11.6 Å². The largest absolute Gasteiger partial charge is 0.459 e. The van der Waals surface area contributed by atoms with Gasteiger partial charge in [0, 0.05) is 0 Å². The Morgan fingerprint density at radius 1 is 1.06 bits per heavy atom. The number of rotatable bonds is 3. The van der Waals surface area contributed by atoms with Crippen molar-refractivity contribution in [3.8, 4) is 0 Å². The Labute approximate surface area is 107 Å². The Balaban J connectivity index is 0.00000289. The topological polar surface area (TPSA) is 26.0 Å². The van der Waals surface area contributed by atoms with E-state index in [4.69, 9.17) is 5.73 Å². The monoisotopic (exact) mass is 317 g/mol. The van der Waals surface area contributed by atoms with Gasteiger partial charge in [-0.05, 0) is 22.4 Å². The quantitative estimate of drug-likeness (QED) is 0.838.